The Morgan fingerprint density at radius 2 is 1.92 bits per heavy atom. The van der Waals surface area contributed by atoms with Crippen LogP contribution in [-0.4, -0.2) is 55.8 Å². The van der Waals surface area contributed by atoms with Gasteiger partial charge in [0.05, 0.1) is 25.3 Å². The molecule has 7 nitrogen and oxygen atoms in total. The van der Waals surface area contributed by atoms with Crippen molar-refractivity contribution in [2.75, 3.05) is 38.5 Å². The maximum atomic E-state index is 12.3. The van der Waals surface area contributed by atoms with Crippen molar-refractivity contribution in [2.24, 2.45) is 11.7 Å². The smallest absolute Gasteiger partial charge is 0.277 e. The molecule has 0 bridgehead atoms. The summed E-state index contributed by atoms with van der Waals surface area (Å²) in [4.78, 5) is 38.1. The lowest BCUT2D eigenvalue weighted by Crippen LogP contribution is -3.14. The van der Waals surface area contributed by atoms with E-state index in [0.717, 1.165) is 22.5 Å². The maximum Gasteiger partial charge on any atom is 0.277 e. The van der Waals surface area contributed by atoms with Crippen molar-refractivity contribution in [3.05, 3.63) is 28.7 Å². The molecule has 1 fully saturated rings. The van der Waals surface area contributed by atoms with E-state index in [1.807, 2.05) is 18.2 Å². The zero-order chi connectivity index (χ0) is 18.4. The highest BCUT2D eigenvalue weighted by Gasteiger charge is 2.28. The fourth-order valence-electron chi connectivity index (χ4n) is 2.89. The first-order valence-corrected chi connectivity index (χ1v) is 9.07. The summed E-state index contributed by atoms with van der Waals surface area (Å²) in [5.41, 5.74) is 5.99. The summed E-state index contributed by atoms with van der Waals surface area (Å²) >= 11 is 3.37. The van der Waals surface area contributed by atoms with Gasteiger partial charge in [-0.3, -0.25) is 14.4 Å². The van der Waals surface area contributed by atoms with Gasteiger partial charge in [0.2, 0.25) is 11.8 Å². The van der Waals surface area contributed by atoms with Crippen molar-refractivity contribution >= 4 is 39.3 Å². The zero-order valence-electron chi connectivity index (χ0n) is 14.3. The van der Waals surface area contributed by atoms with E-state index < -0.39 is 0 Å². The summed E-state index contributed by atoms with van der Waals surface area (Å²) in [7, 11) is 1.62. The number of carbonyl (C=O) groups excluding carboxylic acids is 3. The van der Waals surface area contributed by atoms with E-state index in [1.54, 1.807) is 13.1 Å². The number of para-hydroxylation sites is 1. The number of nitrogens with zero attached hydrogens (tertiary/aromatic N) is 1. The molecule has 3 amide bonds. The number of anilines is 1. The lowest BCUT2D eigenvalue weighted by Gasteiger charge is -2.28. The molecule has 0 unspecified atom stereocenters. The Morgan fingerprint density at radius 3 is 2.52 bits per heavy atom. The van der Waals surface area contributed by atoms with Gasteiger partial charge in [0.25, 0.3) is 5.91 Å². The van der Waals surface area contributed by atoms with Crippen LogP contribution in [0.3, 0.4) is 0 Å². The summed E-state index contributed by atoms with van der Waals surface area (Å²) in [5.74, 6) is -0.669. The predicted molar refractivity (Wildman–Crippen MR) is 97.9 cm³/mol. The van der Waals surface area contributed by atoms with E-state index in [9.17, 15) is 14.4 Å². The van der Waals surface area contributed by atoms with Gasteiger partial charge in [-0.15, -0.1) is 0 Å². The van der Waals surface area contributed by atoms with Crippen LogP contribution in [0.25, 0.3) is 0 Å². The number of likely N-dealkylation sites (tertiary alicyclic amines) is 1. The second kappa shape index (κ2) is 8.96. The number of piperidine rings is 1. The van der Waals surface area contributed by atoms with Crippen LogP contribution >= 0.6 is 15.9 Å². The topological polar surface area (TPSA) is 96.9 Å². The van der Waals surface area contributed by atoms with Gasteiger partial charge < -0.3 is 20.9 Å². The van der Waals surface area contributed by atoms with Gasteiger partial charge in [0.1, 0.15) is 0 Å². The van der Waals surface area contributed by atoms with Crippen molar-refractivity contribution in [2.45, 2.75) is 12.8 Å². The van der Waals surface area contributed by atoms with Gasteiger partial charge >= 0.3 is 0 Å². The number of carbonyl (C=O) groups is 3. The third-order valence-electron chi connectivity index (χ3n) is 4.45. The molecule has 0 spiro atoms. The van der Waals surface area contributed by atoms with Crippen LogP contribution < -0.4 is 16.0 Å². The molecule has 1 aliphatic rings. The summed E-state index contributed by atoms with van der Waals surface area (Å²) in [6.07, 6.45) is 1.42. The Hall–Kier alpha value is -1.93. The first kappa shape index (κ1) is 19.4. The van der Waals surface area contributed by atoms with Crippen molar-refractivity contribution in [3.8, 4) is 0 Å². The number of amides is 3. The molecular weight excluding hydrogens is 388 g/mol. The van der Waals surface area contributed by atoms with Gasteiger partial charge in [0, 0.05) is 30.3 Å². The number of primary amides is 1. The van der Waals surface area contributed by atoms with Crippen molar-refractivity contribution < 1.29 is 19.3 Å². The molecule has 1 aliphatic heterocycles. The van der Waals surface area contributed by atoms with E-state index >= 15 is 0 Å². The molecule has 1 heterocycles. The number of nitrogens with one attached hydrogen (secondary N) is 2. The number of likely N-dealkylation sites (N-methyl/N-ethyl adjacent to an activating group) is 1. The van der Waals surface area contributed by atoms with E-state index in [4.69, 9.17) is 5.73 Å². The average Bonchev–Trinajstić information content (AvgIpc) is 2.57. The molecule has 1 aromatic carbocycles. The number of quaternary nitrogens is 1. The van der Waals surface area contributed by atoms with Crippen LogP contribution in [0.15, 0.2) is 28.7 Å². The van der Waals surface area contributed by atoms with Crippen molar-refractivity contribution in [1.82, 2.24) is 4.90 Å². The molecule has 4 N–H and O–H groups in total. The molecule has 2 rings (SSSR count). The fourth-order valence-corrected chi connectivity index (χ4v) is 3.28. The quantitative estimate of drug-likeness (QED) is 0.595. The van der Waals surface area contributed by atoms with E-state index in [0.29, 0.717) is 25.1 Å². The van der Waals surface area contributed by atoms with Crippen LogP contribution in [0, 0.1) is 5.92 Å². The van der Waals surface area contributed by atoms with Crippen LogP contribution in [0.4, 0.5) is 5.69 Å². The Kier molecular flexibility index (Phi) is 6.95. The van der Waals surface area contributed by atoms with Gasteiger partial charge in [0.15, 0.2) is 6.54 Å². The van der Waals surface area contributed by atoms with Gasteiger partial charge in [-0.2, -0.15) is 0 Å². The summed E-state index contributed by atoms with van der Waals surface area (Å²) < 4.78 is 0.791. The molecule has 0 saturated carbocycles. The Balaban J connectivity index is 1.77. The maximum absolute atomic E-state index is 12.3. The molecule has 0 atom stereocenters. The van der Waals surface area contributed by atoms with E-state index in [1.165, 1.54) is 4.90 Å². The highest BCUT2D eigenvalue weighted by molar-refractivity contribution is 9.10. The fraction of sp³-hybridized carbons (Fsp3) is 0.471. The monoisotopic (exact) mass is 411 g/mol. The molecule has 1 saturated heterocycles. The Labute approximate surface area is 155 Å². The van der Waals surface area contributed by atoms with E-state index in [2.05, 4.69) is 21.2 Å². The minimum absolute atomic E-state index is 0.00262. The third-order valence-corrected chi connectivity index (χ3v) is 5.14. The van der Waals surface area contributed by atoms with E-state index in [-0.39, 0.29) is 30.2 Å². The van der Waals surface area contributed by atoms with Gasteiger partial charge in [-0.25, -0.2) is 0 Å². The molecule has 1 aromatic rings. The minimum Gasteiger partial charge on any atom is -0.369 e. The van der Waals surface area contributed by atoms with Crippen LogP contribution in [0.1, 0.15) is 12.8 Å². The number of hydrogen-bond donors (Lipinski definition) is 3. The number of rotatable bonds is 6. The Bertz CT molecular complexity index is 645. The van der Waals surface area contributed by atoms with Crippen LogP contribution in [0.5, 0.6) is 0 Å². The van der Waals surface area contributed by atoms with Gasteiger partial charge in [-0.05, 0) is 28.1 Å². The molecule has 25 heavy (non-hydrogen) atoms. The highest BCUT2D eigenvalue weighted by Crippen LogP contribution is 2.20. The first-order valence-electron chi connectivity index (χ1n) is 8.28. The molecule has 0 radical (unpaired) electrons. The summed E-state index contributed by atoms with van der Waals surface area (Å²) in [6, 6.07) is 7.31. The number of nitrogens with two attached hydrogens (primary N) is 1. The normalized spacial score (nSPS) is 19.9. The largest absolute Gasteiger partial charge is 0.369 e. The Morgan fingerprint density at radius 1 is 1.28 bits per heavy atom. The molecule has 0 aromatic heterocycles. The number of benzene rings is 1. The number of halogens is 1. The number of hydrogen-bond acceptors (Lipinski definition) is 3. The zero-order valence-corrected chi connectivity index (χ0v) is 15.8. The minimum atomic E-state index is -0.258. The van der Waals surface area contributed by atoms with Gasteiger partial charge in [-0.1, -0.05) is 12.1 Å². The van der Waals surface area contributed by atoms with Crippen LogP contribution in [0.2, 0.25) is 0 Å². The molecule has 136 valence electrons. The second-order valence-corrected chi connectivity index (χ2v) is 7.24. The average molecular weight is 412 g/mol. The summed E-state index contributed by atoms with van der Waals surface area (Å²) in [5, 5.41) is 2.78. The predicted octanol–water partition coefficient (Wildman–Crippen LogP) is -0.374. The van der Waals surface area contributed by atoms with Crippen molar-refractivity contribution in [1.29, 1.82) is 0 Å². The third kappa shape index (κ3) is 5.82. The molecule has 0 aliphatic carbocycles. The standard InChI is InChI=1S/C17H23BrN4O3/c1-21(10-15(23)20-14-5-3-2-4-13(14)18)16(24)11-22-8-6-12(7-9-22)17(19)25/h2-5,12H,6-11H2,1H3,(H2,19,25)(H,20,23)/p+1. The SMILES string of the molecule is CN(CC(=O)Nc1ccccc1Br)C(=O)C[NH+]1CCC(C(N)=O)CC1. The second-order valence-electron chi connectivity index (χ2n) is 6.38. The highest BCUT2D eigenvalue weighted by atomic mass is 79.9. The van der Waals surface area contributed by atoms with Crippen molar-refractivity contribution in [3.63, 3.8) is 0 Å². The lowest BCUT2D eigenvalue weighted by atomic mass is 9.96. The summed E-state index contributed by atoms with van der Waals surface area (Å²) in [6.45, 7) is 1.81. The molecular formula is C17H24BrN4O3+. The lowest BCUT2D eigenvalue weighted by molar-refractivity contribution is -0.898. The first-order chi connectivity index (χ1) is 11.9. The van der Waals surface area contributed by atoms with Crippen LogP contribution in [-0.2, 0) is 14.4 Å². The molecule has 8 heteroatoms.